The van der Waals surface area contributed by atoms with Crippen molar-refractivity contribution >= 4 is 24.0 Å². The Morgan fingerprint density at radius 1 is 1.20 bits per heavy atom. The Morgan fingerprint density at radius 3 is 2.45 bits per heavy atom. The molecule has 1 N–H and O–H groups in total. The molecule has 0 aromatic heterocycles. The zero-order valence-corrected chi connectivity index (χ0v) is 13.0. The van der Waals surface area contributed by atoms with Crippen molar-refractivity contribution in [2.75, 3.05) is 26.2 Å². The molecule has 3 rings (SSSR count). The third kappa shape index (κ3) is 3.45. The highest BCUT2D eigenvalue weighted by molar-refractivity contribution is 6.30. The molecule has 5 heteroatoms. The van der Waals surface area contributed by atoms with Gasteiger partial charge in [-0.2, -0.15) is 0 Å². The van der Waals surface area contributed by atoms with Crippen LogP contribution in [0.4, 0.5) is 4.39 Å². The van der Waals surface area contributed by atoms with Crippen molar-refractivity contribution in [3.63, 3.8) is 0 Å². The van der Waals surface area contributed by atoms with Gasteiger partial charge in [-0.25, -0.2) is 4.39 Å². The highest BCUT2D eigenvalue weighted by Crippen LogP contribution is 2.42. The third-order valence-electron chi connectivity index (χ3n) is 4.37. The summed E-state index contributed by atoms with van der Waals surface area (Å²) in [5.74, 6) is 0.443. The number of nitrogens with one attached hydrogen (secondary N) is 1. The van der Waals surface area contributed by atoms with Crippen molar-refractivity contribution in [3.8, 4) is 0 Å². The monoisotopic (exact) mass is 318 g/mol. The molecule has 1 atom stereocenters. The summed E-state index contributed by atoms with van der Waals surface area (Å²) in [6.07, 6.45) is 3.81. The second-order valence-corrected chi connectivity index (χ2v) is 6.06. The van der Waals surface area contributed by atoms with Gasteiger partial charge in [-0.05, 0) is 42.5 Å². The van der Waals surface area contributed by atoms with Gasteiger partial charge in [0, 0.05) is 37.2 Å². The van der Waals surface area contributed by atoms with Crippen molar-refractivity contribution in [1.82, 2.24) is 10.2 Å². The van der Waals surface area contributed by atoms with Crippen LogP contribution in [-0.4, -0.2) is 31.1 Å². The molecule has 0 bridgehead atoms. The number of rotatable bonds is 3. The van der Waals surface area contributed by atoms with Crippen LogP contribution in [0.25, 0.3) is 0 Å². The first-order valence-electron chi connectivity index (χ1n) is 7.15. The fraction of sp³-hybridized carbons (Fsp3) is 0.600. The average molecular weight is 319 g/mol. The molecular weight excluding hydrogens is 298 g/mol. The standard InChI is InChI=1S/C15H20ClFN2.ClH/c16-13-8-12(9-14(17)10-13)15(11-2-1-3-11)19-6-4-18-5-7-19;/h8-11,15,18H,1-7H2;1H/t15-;/m1./s1. The molecule has 2 aliphatic rings. The van der Waals surface area contributed by atoms with E-state index in [1.165, 1.54) is 25.3 Å². The summed E-state index contributed by atoms with van der Waals surface area (Å²) in [5.41, 5.74) is 1.05. The highest BCUT2D eigenvalue weighted by atomic mass is 35.5. The molecule has 0 unspecified atom stereocenters. The van der Waals surface area contributed by atoms with E-state index in [1.54, 1.807) is 6.07 Å². The summed E-state index contributed by atoms with van der Waals surface area (Å²) in [6.45, 7) is 4.11. The summed E-state index contributed by atoms with van der Waals surface area (Å²) in [4.78, 5) is 2.49. The molecular formula is C15H21Cl2FN2. The molecule has 0 amide bonds. The van der Waals surface area contributed by atoms with Crippen LogP contribution in [0.2, 0.25) is 5.02 Å². The predicted molar refractivity (Wildman–Crippen MR) is 83.2 cm³/mol. The van der Waals surface area contributed by atoms with E-state index < -0.39 is 0 Å². The van der Waals surface area contributed by atoms with E-state index in [4.69, 9.17) is 11.6 Å². The predicted octanol–water partition coefficient (Wildman–Crippen LogP) is 3.65. The lowest BCUT2D eigenvalue weighted by Crippen LogP contribution is -2.47. The molecule has 1 saturated carbocycles. The number of hydrogen-bond donors (Lipinski definition) is 1. The van der Waals surface area contributed by atoms with Gasteiger partial charge in [0.15, 0.2) is 0 Å². The van der Waals surface area contributed by atoms with E-state index in [-0.39, 0.29) is 18.2 Å². The summed E-state index contributed by atoms with van der Waals surface area (Å²) in [6, 6.07) is 5.33. The lowest BCUT2D eigenvalue weighted by molar-refractivity contribution is 0.0835. The summed E-state index contributed by atoms with van der Waals surface area (Å²) >= 11 is 6.03. The number of piperazine rings is 1. The van der Waals surface area contributed by atoms with E-state index in [1.807, 2.05) is 6.07 Å². The second-order valence-electron chi connectivity index (χ2n) is 5.62. The maximum absolute atomic E-state index is 13.6. The first-order chi connectivity index (χ1) is 9.24. The van der Waals surface area contributed by atoms with Crippen LogP contribution in [0.5, 0.6) is 0 Å². The van der Waals surface area contributed by atoms with Crippen molar-refractivity contribution in [1.29, 1.82) is 0 Å². The Hall–Kier alpha value is -0.350. The molecule has 1 heterocycles. The smallest absolute Gasteiger partial charge is 0.125 e. The van der Waals surface area contributed by atoms with Gasteiger partial charge in [0.1, 0.15) is 5.82 Å². The van der Waals surface area contributed by atoms with E-state index in [0.29, 0.717) is 17.0 Å². The molecule has 1 aromatic carbocycles. The molecule has 1 saturated heterocycles. The Bertz CT molecular complexity index is 425. The van der Waals surface area contributed by atoms with Crippen LogP contribution in [0.1, 0.15) is 30.9 Å². The summed E-state index contributed by atoms with van der Waals surface area (Å²) in [5, 5.41) is 3.89. The Kier molecular flexibility index (Phi) is 5.67. The fourth-order valence-corrected chi connectivity index (χ4v) is 3.47. The lowest BCUT2D eigenvalue weighted by Gasteiger charge is -2.43. The molecule has 0 radical (unpaired) electrons. The topological polar surface area (TPSA) is 15.3 Å². The van der Waals surface area contributed by atoms with Crippen molar-refractivity contribution in [3.05, 3.63) is 34.6 Å². The van der Waals surface area contributed by atoms with Crippen LogP contribution in [0.15, 0.2) is 18.2 Å². The van der Waals surface area contributed by atoms with Gasteiger partial charge in [0.2, 0.25) is 0 Å². The minimum Gasteiger partial charge on any atom is -0.314 e. The molecule has 2 fully saturated rings. The average Bonchev–Trinajstić information content (AvgIpc) is 2.33. The van der Waals surface area contributed by atoms with E-state index in [0.717, 1.165) is 31.7 Å². The third-order valence-corrected chi connectivity index (χ3v) is 4.59. The van der Waals surface area contributed by atoms with Gasteiger partial charge in [-0.3, -0.25) is 4.90 Å². The molecule has 1 aromatic rings. The van der Waals surface area contributed by atoms with E-state index in [9.17, 15) is 4.39 Å². The number of nitrogens with zero attached hydrogens (tertiary/aromatic N) is 1. The lowest BCUT2D eigenvalue weighted by atomic mass is 9.76. The minimum atomic E-state index is -0.220. The first-order valence-corrected chi connectivity index (χ1v) is 7.52. The van der Waals surface area contributed by atoms with Crippen molar-refractivity contribution in [2.45, 2.75) is 25.3 Å². The van der Waals surface area contributed by atoms with Gasteiger partial charge in [0.05, 0.1) is 0 Å². The minimum absolute atomic E-state index is 0. The normalized spacial score (nSPS) is 21.9. The largest absolute Gasteiger partial charge is 0.314 e. The van der Waals surface area contributed by atoms with Crippen molar-refractivity contribution < 1.29 is 4.39 Å². The van der Waals surface area contributed by atoms with Crippen LogP contribution >= 0.6 is 24.0 Å². The highest BCUT2D eigenvalue weighted by Gasteiger charge is 2.33. The van der Waals surface area contributed by atoms with Crippen LogP contribution < -0.4 is 5.32 Å². The number of hydrogen-bond acceptors (Lipinski definition) is 2. The summed E-state index contributed by atoms with van der Waals surface area (Å²) in [7, 11) is 0. The zero-order chi connectivity index (χ0) is 13.2. The number of halogens is 3. The first kappa shape index (κ1) is 16.0. The maximum atomic E-state index is 13.6. The van der Waals surface area contributed by atoms with Crippen LogP contribution in [-0.2, 0) is 0 Å². The maximum Gasteiger partial charge on any atom is 0.125 e. The van der Waals surface area contributed by atoms with Gasteiger partial charge < -0.3 is 5.32 Å². The fourth-order valence-electron chi connectivity index (χ4n) is 3.24. The van der Waals surface area contributed by atoms with Gasteiger partial charge >= 0.3 is 0 Å². The van der Waals surface area contributed by atoms with Crippen molar-refractivity contribution in [2.24, 2.45) is 5.92 Å². The second kappa shape index (κ2) is 7.08. The molecule has 0 spiro atoms. The molecule has 112 valence electrons. The molecule has 2 nitrogen and oxygen atoms in total. The molecule has 20 heavy (non-hydrogen) atoms. The van der Waals surface area contributed by atoms with Gasteiger partial charge in [-0.15, -0.1) is 12.4 Å². The van der Waals surface area contributed by atoms with Crippen LogP contribution in [0.3, 0.4) is 0 Å². The van der Waals surface area contributed by atoms with Gasteiger partial charge in [0.25, 0.3) is 0 Å². The quantitative estimate of drug-likeness (QED) is 0.915. The van der Waals surface area contributed by atoms with E-state index in [2.05, 4.69) is 10.2 Å². The molecule has 1 aliphatic heterocycles. The van der Waals surface area contributed by atoms with Crippen LogP contribution in [0, 0.1) is 11.7 Å². The summed E-state index contributed by atoms with van der Waals surface area (Å²) < 4.78 is 13.6. The Labute approximate surface area is 131 Å². The molecule has 1 aliphatic carbocycles. The van der Waals surface area contributed by atoms with E-state index >= 15 is 0 Å². The Balaban J connectivity index is 0.00000147. The van der Waals surface area contributed by atoms with Gasteiger partial charge in [-0.1, -0.05) is 18.0 Å². The zero-order valence-electron chi connectivity index (χ0n) is 11.4. The SMILES string of the molecule is Cl.Fc1cc(Cl)cc([C@@H](C2CCC2)N2CCNCC2)c1. The Morgan fingerprint density at radius 2 is 1.90 bits per heavy atom. The number of benzene rings is 1.